The van der Waals surface area contributed by atoms with Crippen LogP contribution in [0.5, 0.6) is 0 Å². The van der Waals surface area contributed by atoms with Gasteiger partial charge in [-0.15, -0.1) is 0 Å². The largest absolute Gasteiger partial charge is 0.462 e. The highest BCUT2D eigenvalue weighted by Crippen LogP contribution is 2.17. The summed E-state index contributed by atoms with van der Waals surface area (Å²) in [5.41, 5.74) is 4.96. The Kier molecular flexibility index (Phi) is 7.60. The van der Waals surface area contributed by atoms with Crippen LogP contribution in [-0.4, -0.2) is 24.2 Å². The molecule has 2 aromatic carbocycles. The number of anilines is 1. The number of hydrogen-bond donors (Lipinski definition) is 2. The summed E-state index contributed by atoms with van der Waals surface area (Å²) in [6.45, 7) is 7.01. The molecule has 4 nitrogen and oxygen atoms in total. The van der Waals surface area contributed by atoms with Crippen molar-refractivity contribution in [3.05, 3.63) is 64.7 Å². The van der Waals surface area contributed by atoms with Gasteiger partial charge in [0.05, 0.1) is 12.2 Å². The standard InChI is InChI=1S/C21H26N2O2S/c1-4-25-20(24)18-11-10-16(3)19(14-18)23-21(26)22-12-6-9-17-8-5-7-15(2)13-17/h5,7-8,10-11,13-14H,4,6,9,12H2,1-3H3,(H2,22,23,26). The minimum atomic E-state index is -0.326. The third-order valence-corrected chi connectivity index (χ3v) is 4.25. The van der Waals surface area contributed by atoms with Crippen molar-refractivity contribution in [2.75, 3.05) is 18.5 Å². The highest BCUT2D eigenvalue weighted by atomic mass is 32.1. The van der Waals surface area contributed by atoms with Crippen LogP contribution < -0.4 is 10.6 Å². The van der Waals surface area contributed by atoms with E-state index in [0.29, 0.717) is 17.3 Å². The van der Waals surface area contributed by atoms with Gasteiger partial charge in [0, 0.05) is 12.2 Å². The number of esters is 1. The summed E-state index contributed by atoms with van der Waals surface area (Å²) in [4.78, 5) is 11.9. The lowest BCUT2D eigenvalue weighted by Gasteiger charge is -2.13. The number of carbonyl (C=O) groups excluding carboxylic acids is 1. The van der Waals surface area contributed by atoms with E-state index in [2.05, 4.69) is 41.8 Å². The van der Waals surface area contributed by atoms with Gasteiger partial charge in [0.1, 0.15) is 0 Å². The molecule has 0 saturated heterocycles. The minimum absolute atomic E-state index is 0.326. The summed E-state index contributed by atoms with van der Waals surface area (Å²) in [5, 5.41) is 6.94. The maximum Gasteiger partial charge on any atom is 0.338 e. The van der Waals surface area contributed by atoms with Gasteiger partial charge < -0.3 is 15.4 Å². The molecule has 26 heavy (non-hydrogen) atoms. The maximum atomic E-state index is 11.9. The summed E-state index contributed by atoms with van der Waals surface area (Å²) in [5.74, 6) is -0.326. The molecule has 0 unspecified atom stereocenters. The zero-order valence-electron chi connectivity index (χ0n) is 15.6. The molecule has 0 radical (unpaired) electrons. The number of ether oxygens (including phenoxy) is 1. The number of thiocarbonyl (C=S) groups is 1. The molecule has 0 bridgehead atoms. The highest BCUT2D eigenvalue weighted by Gasteiger charge is 2.09. The maximum absolute atomic E-state index is 11.9. The van der Waals surface area contributed by atoms with Crippen molar-refractivity contribution in [3.8, 4) is 0 Å². The molecule has 5 heteroatoms. The fraction of sp³-hybridized carbons (Fsp3) is 0.333. The fourth-order valence-corrected chi connectivity index (χ4v) is 2.84. The quantitative estimate of drug-likeness (QED) is 0.430. The van der Waals surface area contributed by atoms with Crippen molar-refractivity contribution >= 4 is 29.0 Å². The lowest BCUT2D eigenvalue weighted by atomic mass is 10.1. The molecule has 0 aliphatic heterocycles. The van der Waals surface area contributed by atoms with Gasteiger partial charge in [-0.3, -0.25) is 0 Å². The second-order valence-corrected chi connectivity index (χ2v) is 6.63. The molecule has 2 rings (SSSR count). The molecule has 0 aromatic heterocycles. The average molecular weight is 371 g/mol. The molecule has 138 valence electrons. The third-order valence-electron chi connectivity index (χ3n) is 4.01. The molecule has 2 N–H and O–H groups in total. The van der Waals surface area contributed by atoms with Crippen LogP contribution in [-0.2, 0) is 11.2 Å². The van der Waals surface area contributed by atoms with Gasteiger partial charge in [-0.2, -0.15) is 0 Å². The second-order valence-electron chi connectivity index (χ2n) is 6.22. The van der Waals surface area contributed by atoms with Crippen LogP contribution in [0.25, 0.3) is 0 Å². The normalized spacial score (nSPS) is 10.3. The van der Waals surface area contributed by atoms with E-state index in [9.17, 15) is 4.79 Å². The van der Waals surface area contributed by atoms with Gasteiger partial charge >= 0.3 is 5.97 Å². The van der Waals surface area contributed by atoms with Gasteiger partial charge in [-0.05, 0) is 69.1 Å². The predicted molar refractivity (Wildman–Crippen MR) is 111 cm³/mol. The first kappa shape index (κ1) is 19.9. The van der Waals surface area contributed by atoms with Gasteiger partial charge in [0.25, 0.3) is 0 Å². The van der Waals surface area contributed by atoms with Crippen molar-refractivity contribution in [2.24, 2.45) is 0 Å². The molecule has 0 atom stereocenters. The molecule has 0 amide bonds. The van der Waals surface area contributed by atoms with Gasteiger partial charge in [0.15, 0.2) is 5.11 Å². The molecule has 0 fully saturated rings. The fourth-order valence-electron chi connectivity index (χ4n) is 2.63. The molecule has 2 aromatic rings. The van der Waals surface area contributed by atoms with Crippen molar-refractivity contribution in [1.82, 2.24) is 5.32 Å². The van der Waals surface area contributed by atoms with Gasteiger partial charge in [-0.25, -0.2) is 4.79 Å². The first-order chi connectivity index (χ1) is 12.5. The van der Waals surface area contributed by atoms with Crippen LogP contribution in [0, 0.1) is 13.8 Å². The van der Waals surface area contributed by atoms with Crippen molar-refractivity contribution in [3.63, 3.8) is 0 Å². The van der Waals surface area contributed by atoms with E-state index in [0.717, 1.165) is 30.6 Å². The molecule has 0 aliphatic rings. The van der Waals surface area contributed by atoms with E-state index in [1.165, 1.54) is 11.1 Å². The van der Waals surface area contributed by atoms with E-state index < -0.39 is 0 Å². The van der Waals surface area contributed by atoms with E-state index in [1.807, 2.05) is 13.0 Å². The topological polar surface area (TPSA) is 50.4 Å². The first-order valence-electron chi connectivity index (χ1n) is 8.87. The zero-order valence-corrected chi connectivity index (χ0v) is 16.4. The van der Waals surface area contributed by atoms with Gasteiger partial charge in [0.2, 0.25) is 0 Å². The summed E-state index contributed by atoms with van der Waals surface area (Å²) in [6.07, 6.45) is 2.00. The highest BCUT2D eigenvalue weighted by molar-refractivity contribution is 7.80. The summed E-state index contributed by atoms with van der Waals surface area (Å²) in [7, 11) is 0. The minimum Gasteiger partial charge on any atom is -0.462 e. The smallest absolute Gasteiger partial charge is 0.338 e. The Balaban J connectivity index is 1.83. The molecule has 0 heterocycles. The summed E-state index contributed by atoms with van der Waals surface area (Å²) in [6, 6.07) is 14.0. The predicted octanol–water partition coefficient (Wildman–Crippen LogP) is 4.40. The lowest BCUT2D eigenvalue weighted by Crippen LogP contribution is -2.29. The van der Waals surface area contributed by atoms with Crippen LogP contribution in [0.2, 0.25) is 0 Å². The number of rotatable bonds is 7. The Morgan fingerprint density at radius 2 is 1.96 bits per heavy atom. The van der Waals surface area contributed by atoms with E-state index in [4.69, 9.17) is 17.0 Å². The lowest BCUT2D eigenvalue weighted by molar-refractivity contribution is 0.0526. The second kappa shape index (κ2) is 9.92. The van der Waals surface area contributed by atoms with Crippen LogP contribution in [0.3, 0.4) is 0 Å². The summed E-state index contributed by atoms with van der Waals surface area (Å²) < 4.78 is 5.04. The SMILES string of the molecule is CCOC(=O)c1ccc(C)c(NC(=S)NCCCc2cccc(C)c2)c1. The molecule has 0 aliphatic carbocycles. The Labute approximate surface area is 161 Å². The van der Waals surface area contributed by atoms with E-state index in [1.54, 1.807) is 19.1 Å². The van der Waals surface area contributed by atoms with Crippen molar-refractivity contribution in [1.29, 1.82) is 0 Å². The average Bonchev–Trinajstić information content (AvgIpc) is 2.61. The molecular weight excluding hydrogens is 344 g/mol. The zero-order chi connectivity index (χ0) is 18.9. The molecular formula is C21H26N2O2S. The number of hydrogen-bond acceptors (Lipinski definition) is 3. The van der Waals surface area contributed by atoms with Crippen molar-refractivity contribution in [2.45, 2.75) is 33.6 Å². The van der Waals surface area contributed by atoms with Crippen LogP contribution in [0.1, 0.15) is 40.4 Å². The monoisotopic (exact) mass is 370 g/mol. The number of benzene rings is 2. The number of nitrogens with one attached hydrogen (secondary N) is 2. The van der Waals surface area contributed by atoms with Crippen LogP contribution >= 0.6 is 12.2 Å². The molecule has 0 spiro atoms. The Morgan fingerprint density at radius 3 is 2.69 bits per heavy atom. The van der Waals surface area contributed by atoms with Crippen LogP contribution in [0.15, 0.2) is 42.5 Å². The molecule has 0 saturated carbocycles. The van der Waals surface area contributed by atoms with Crippen molar-refractivity contribution < 1.29 is 9.53 Å². The Hall–Kier alpha value is -2.40. The van der Waals surface area contributed by atoms with Crippen LogP contribution in [0.4, 0.5) is 5.69 Å². The van der Waals surface area contributed by atoms with Gasteiger partial charge in [-0.1, -0.05) is 35.9 Å². The number of carbonyl (C=O) groups is 1. The first-order valence-corrected chi connectivity index (χ1v) is 9.28. The third kappa shape index (κ3) is 6.15. The van der Waals surface area contributed by atoms with E-state index >= 15 is 0 Å². The van der Waals surface area contributed by atoms with E-state index in [-0.39, 0.29) is 5.97 Å². The summed E-state index contributed by atoms with van der Waals surface area (Å²) >= 11 is 5.37. The number of aryl methyl sites for hydroxylation is 3. The Morgan fingerprint density at radius 1 is 1.15 bits per heavy atom. The Bertz CT molecular complexity index is 774.